The molecule has 0 aliphatic heterocycles. The fourth-order valence-electron chi connectivity index (χ4n) is 2.97. The van der Waals surface area contributed by atoms with Gasteiger partial charge in [0, 0.05) is 10.4 Å². The Hall–Kier alpha value is -3.06. The number of carbonyl (C=O) groups excluding carboxylic acids is 1. The molecule has 1 unspecified atom stereocenters. The van der Waals surface area contributed by atoms with Crippen molar-refractivity contribution in [2.75, 3.05) is 21.3 Å². The molecule has 0 fully saturated rings. The molecule has 1 heterocycles. The number of carbonyl (C=O) groups is 1. The van der Waals surface area contributed by atoms with Crippen molar-refractivity contribution in [1.82, 2.24) is 5.32 Å². The highest BCUT2D eigenvalue weighted by atomic mass is 32.1. The zero-order chi connectivity index (χ0) is 21.0. The van der Waals surface area contributed by atoms with Crippen molar-refractivity contribution in [2.45, 2.75) is 13.0 Å². The lowest BCUT2D eigenvalue weighted by Crippen LogP contribution is -2.26. The van der Waals surface area contributed by atoms with Crippen LogP contribution in [0.5, 0.6) is 17.2 Å². The average Bonchev–Trinajstić information content (AvgIpc) is 3.23. The van der Waals surface area contributed by atoms with E-state index in [4.69, 9.17) is 14.2 Å². The van der Waals surface area contributed by atoms with Gasteiger partial charge in [-0.05, 0) is 42.8 Å². The van der Waals surface area contributed by atoms with E-state index >= 15 is 0 Å². The zero-order valence-corrected chi connectivity index (χ0v) is 17.4. The molecule has 0 aliphatic rings. The van der Waals surface area contributed by atoms with Gasteiger partial charge in [0.2, 0.25) is 5.75 Å². The molecule has 0 aliphatic carbocycles. The van der Waals surface area contributed by atoms with Gasteiger partial charge in [0.25, 0.3) is 5.91 Å². The third kappa shape index (κ3) is 4.35. The van der Waals surface area contributed by atoms with Crippen LogP contribution >= 0.6 is 11.3 Å². The molecular formula is C22H22FNO4S. The molecule has 5 nitrogen and oxygen atoms in total. The number of halogens is 1. The second kappa shape index (κ2) is 8.96. The molecule has 0 bridgehead atoms. The Bertz CT molecular complexity index is 993. The normalized spacial score (nSPS) is 11.6. The van der Waals surface area contributed by atoms with Crippen LogP contribution in [-0.2, 0) is 0 Å². The molecule has 29 heavy (non-hydrogen) atoms. The minimum Gasteiger partial charge on any atom is -0.493 e. The lowest BCUT2D eigenvalue weighted by Gasteiger charge is -2.18. The fraction of sp³-hybridized carbons (Fsp3) is 0.227. The highest BCUT2D eigenvalue weighted by Gasteiger charge is 2.19. The first-order valence-electron chi connectivity index (χ1n) is 8.94. The van der Waals surface area contributed by atoms with E-state index in [0.717, 1.165) is 5.56 Å². The lowest BCUT2D eigenvalue weighted by molar-refractivity contribution is 0.0944. The molecule has 0 saturated heterocycles. The van der Waals surface area contributed by atoms with E-state index in [0.29, 0.717) is 32.6 Å². The Balaban J connectivity index is 1.80. The topological polar surface area (TPSA) is 56.8 Å². The Labute approximate surface area is 173 Å². The van der Waals surface area contributed by atoms with E-state index in [-0.39, 0.29) is 17.8 Å². The predicted molar refractivity (Wildman–Crippen MR) is 112 cm³/mol. The van der Waals surface area contributed by atoms with Gasteiger partial charge in [-0.15, -0.1) is 11.3 Å². The van der Waals surface area contributed by atoms with Crippen molar-refractivity contribution in [3.05, 3.63) is 64.8 Å². The molecule has 0 saturated carbocycles. The van der Waals surface area contributed by atoms with Gasteiger partial charge in [-0.25, -0.2) is 4.39 Å². The molecule has 3 aromatic rings. The average molecular weight is 415 g/mol. The smallest absolute Gasteiger partial charge is 0.261 e. The molecule has 1 N–H and O–H groups in total. The molecule has 152 valence electrons. The molecule has 0 radical (unpaired) electrons. The van der Waals surface area contributed by atoms with Crippen LogP contribution in [0.25, 0.3) is 10.4 Å². The van der Waals surface area contributed by atoms with Gasteiger partial charge in [-0.2, -0.15) is 0 Å². The maximum atomic E-state index is 14.0. The zero-order valence-electron chi connectivity index (χ0n) is 16.6. The second-order valence-electron chi connectivity index (χ2n) is 6.30. The van der Waals surface area contributed by atoms with Crippen LogP contribution in [0.3, 0.4) is 0 Å². The maximum absolute atomic E-state index is 14.0. The van der Waals surface area contributed by atoms with Crippen LogP contribution in [0, 0.1) is 5.82 Å². The lowest BCUT2D eigenvalue weighted by atomic mass is 10.1. The van der Waals surface area contributed by atoms with E-state index < -0.39 is 0 Å². The van der Waals surface area contributed by atoms with Gasteiger partial charge in [-0.3, -0.25) is 4.79 Å². The summed E-state index contributed by atoms with van der Waals surface area (Å²) < 4.78 is 30.1. The number of benzene rings is 2. The van der Waals surface area contributed by atoms with Crippen molar-refractivity contribution in [3.8, 4) is 27.7 Å². The highest BCUT2D eigenvalue weighted by Crippen LogP contribution is 2.39. The minimum atomic E-state index is -0.313. The quantitative estimate of drug-likeness (QED) is 0.585. The molecular weight excluding hydrogens is 393 g/mol. The van der Waals surface area contributed by atoms with Crippen molar-refractivity contribution in [1.29, 1.82) is 0 Å². The first kappa shape index (κ1) is 20.7. The summed E-state index contributed by atoms with van der Waals surface area (Å²) in [6.45, 7) is 1.87. The molecule has 2 aromatic carbocycles. The van der Waals surface area contributed by atoms with Crippen LogP contribution in [0.1, 0.15) is 28.2 Å². The van der Waals surface area contributed by atoms with Gasteiger partial charge in [0.1, 0.15) is 5.82 Å². The largest absolute Gasteiger partial charge is 0.493 e. The summed E-state index contributed by atoms with van der Waals surface area (Å²) in [6, 6.07) is 13.2. The summed E-state index contributed by atoms with van der Waals surface area (Å²) in [7, 11) is 4.62. The third-order valence-corrected chi connectivity index (χ3v) is 5.62. The number of ether oxygens (including phenoxy) is 3. The summed E-state index contributed by atoms with van der Waals surface area (Å²) in [5.74, 6) is 0.970. The Morgan fingerprint density at radius 1 is 1.00 bits per heavy atom. The Kier molecular flexibility index (Phi) is 6.39. The molecule has 7 heteroatoms. The van der Waals surface area contributed by atoms with Gasteiger partial charge >= 0.3 is 0 Å². The third-order valence-electron chi connectivity index (χ3n) is 4.50. The van der Waals surface area contributed by atoms with Crippen molar-refractivity contribution in [2.24, 2.45) is 0 Å². The SMILES string of the molecule is COc1cc(C(C)NC(=O)c2ccc(-c3ccccc3F)s2)cc(OC)c1OC. The summed E-state index contributed by atoms with van der Waals surface area (Å²) in [4.78, 5) is 13.9. The summed E-state index contributed by atoms with van der Waals surface area (Å²) in [6.07, 6.45) is 0. The first-order valence-corrected chi connectivity index (χ1v) is 9.75. The molecule has 0 spiro atoms. The number of thiophene rings is 1. The fourth-order valence-corrected chi connectivity index (χ4v) is 3.90. The van der Waals surface area contributed by atoms with E-state index in [1.165, 1.54) is 24.5 Å². The first-order chi connectivity index (χ1) is 14.0. The van der Waals surface area contributed by atoms with Gasteiger partial charge < -0.3 is 19.5 Å². The van der Waals surface area contributed by atoms with E-state index in [1.807, 2.05) is 6.92 Å². The molecule has 1 aromatic heterocycles. The van der Waals surface area contributed by atoms with Crippen LogP contribution < -0.4 is 19.5 Å². The second-order valence-corrected chi connectivity index (χ2v) is 7.38. The number of rotatable bonds is 7. The maximum Gasteiger partial charge on any atom is 0.261 e. The summed E-state index contributed by atoms with van der Waals surface area (Å²) in [5, 5.41) is 2.96. The number of amides is 1. The summed E-state index contributed by atoms with van der Waals surface area (Å²) in [5.41, 5.74) is 1.29. The van der Waals surface area contributed by atoms with E-state index in [2.05, 4.69) is 5.32 Å². The predicted octanol–water partition coefficient (Wildman–Crippen LogP) is 5.07. The monoisotopic (exact) mass is 415 g/mol. The van der Waals surface area contributed by atoms with Crippen LogP contribution in [0.15, 0.2) is 48.5 Å². The van der Waals surface area contributed by atoms with Crippen molar-refractivity contribution >= 4 is 17.2 Å². The van der Waals surface area contributed by atoms with Crippen molar-refractivity contribution < 1.29 is 23.4 Å². The van der Waals surface area contributed by atoms with Crippen LogP contribution in [-0.4, -0.2) is 27.2 Å². The summed E-state index contributed by atoms with van der Waals surface area (Å²) >= 11 is 1.25. The number of hydrogen-bond acceptors (Lipinski definition) is 5. The number of hydrogen-bond donors (Lipinski definition) is 1. The molecule has 3 rings (SSSR count). The van der Waals surface area contributed by atoms with Gasteiger partial charge in [0.15, 0.2) is 11.5 Å². The van der Waals surface area contributed by atoms with Crippen LogP contribution in [0.2, 0.25) is 0 Å². The highest BCUT2D eigenvalue weighted by molar-refractivity contribution is 7.17. The minimum absolute atomic E-state index is 0.237. The number of nitrogens with one attached hydrogen (secondary N) is 1. The van der Waals surface area contributed by atoms with Crippen molar-refractivity contribution in [3.63, 3.8) is 0 Å². The standard InChI is InChI=1S/C22H22FNO4S/c1-13(14-11-17(26-2)21(28-4)18(12-14)27-3)24-22(25)20-10-9-19(29-20)15-7-5-6-8-16(15)23/h5-13H,1-4H3,(H,24,25). The van der Waals surface area contributed by atoms with E-state index in [1.54, 1.807) is 56.7 Å². The molecule has 1 amide bonds. The molecule has 1 atom stereocenters. The number of methoxy groups -OCH3 is 3. The van der Waals surface area contributed by atoms with E-state index in [9.17, 15) is 9.18 Å². The Morgan fingerprint density at radius 3 is 2.24 bits per heavy atom. The van der Waals surface area contributed by atoms with Crippen LogP contribution in [0.4, 0.5) is 4.39 Å². The Morgan fingerprint density at radius 2 is 1.66 bits per heavy atom. The van der Waals surface area contributed by atoms with Gasteiger partial charge in [-0.1, -0.05) is 18.2 Å². The van der Waals surface area contributed by atoms with Gasteiger partial charge in [0.05, 0.1) is 32.2 Å².